The highest BCUT2D eigenvalue weighted by atomic mass is 19.3. The van der Waals surface area contributed by atoms with Crippen LogP contribution in [0.3, 0.4) is 0 Å². The van der Waals surface area contributed by atoms with Crippen molar-refractivity contribution in [1.29, 1.82) is 0 Å². The number of aromatic hydroxyl groups is 1. The van der Waals surface area contributed by atoms with Crippen LogP contribution in [-0.4, -0.2) is 80.9 Å². The zero-order valence-electron chi connectivity index (χ0n) is 21.3. The van der Waals surface area contributed by atoms with Crippen LogP contribution in [0.4, 0.5) is 26.1 Å². The maximum atomic E-state index is 13.4. The Balaban J connectivity index is 1.29. The van der Waals surface area contributed by atoms with Crippen LogP contribution >= 0.6 is 0 Å². The summed E-state index contributed by atoms with van der Waals surface area (Å²) in [6.45, 7) is 5.74. The van der Waals surface area contributed by atoms with Crippen molar-refractivity contribution in [3.8, 4) is 28.8 Å². The number of likely N-dealkylation sites (tertiary alicyclic amines) is 1. The molecule has 2 fully saturated rings. The van der Waals surface area contributed by atoms with E-state index in [1.165, 1.54) is 6.92 Å². The fourth-order valence-electron chi connectivity index (χ4n) is 4.78. The van der Waals surface area contributed by atoms with Crippen molar-refractivity contribution in [3.05, 3.63) is 48.4 Å². The number of anilines is 3. The van der Waals surface area contributed by atoms with Gasteiger partial charge in [-0.25, -0.2) is 18.7 Å². The van der Waals surface area contributed by atoms with Crippen LogP contribution < -0.4 is 15.5 Å². The van der Waals surface area contributed by atoms with Crippen LogP contribution in [-0.2, 0) is 0 Å². The molecular weight excluding hydrogens is 490 g/mol. The van der Waals surface area contributed by atoms with E-state index in [0.717, 1.165) is 24.5 Å². The summed E-state index contributed by atoms with van der Waals surface area (Å²) in [5.74, 6) is 4.80. The summed E-state index contributed by atoms with van der Waals surface area (Å²) in [5.41, 5.74) is 8.14. The van der Waals surface area contributed by atoms with Gasteiger partial charge in [0.15, 0.2) is 5.82 Å². The molecule has 1 aromatic carbocycles. The van der Waals surface area contributed by atoms with Gasteiger partial charge in [0.25, 0.3) is 5.92 Å². The Kier molecular flexibility index (Phi) is 6.99. The molecule has 0 radical (unpaired) electrons. The third-order valence-electron chi connectivity index (χ3n) is 7.27. The Hall–Kier alpha value is -4.04. The number of para-hydroxylation sites is 1. The van der Waals surface area contributed by atoms with E-state index in [1.807, 2.05) is 18.2 Å². The number of phenols is 1. The molecule has 0 amide bonds. The lowest BCUT2D eigenvalue weighted by atomic mass is 10.0. The first-order valence-electron chi connectivity index (χ1n) is 12.6. The zero-order valence-corrected chi connectivity index (χ0v) is 21.3. The molecule has 4 heterocycles. The molecule has 11 heteroatoms. The Morgan fingerprint density at radius 2 is 1.95 bits per heavy atom. The number of phenolic OH excluding ortho intramolecular Hbond substituents is 1. The molecule has 0 bridgehead atoms. The molecule has 38 heavy (non-hydrogen) atoms. The molecular formula is C27H30F2N8O. The van der Waals surface area contributed by atoms with E-state index in [1.54, 1.807) is 29.3 Å². The second-order valence-corrected chi connectivity index (χ2v) is 9.72. The van der Waals surface area contributed by atoms with Crippen molar-refractivity contribution in [1.82, 2.24) is 25.1 Å². The quantitative estimate of drug-likeness (QED) is 0.502. The molecule has 2 aliphatic heterocycles. The maximum absolute atomic E-state index is 13.4. The molecule has 0 aliphatic carbocycles. The van der Waals surface area contributed by atoms with Gasteiger partial charge in [-0.2, -0.15) is 0 Å². The predicted molar refractivity (Wildman–Crippen MR) is 142 cm³/mol. The van der Waals surface area contributed by atoms with E-state index in [2.05, 4.69) is 48.7 Å². The van der Waals surface area contributed by atoms with Crippen LogP contribution in [0.25, 0.3) is 11.3 Å². The van der Waals surface area contributed by atoms with Gasteiger partial charge in [0, 0.05) is 37.4 Å². The van der Waals surface area contributed by atoms with Gasteiger partial charge in [-0.15, -0.1) is 10.2 Å². The molecule has 3 aromatic rings. The van der Waals surface area contributed by atoms with Crippen molar-refractivity contribution in [2.75, 3.05) is 48.3 Å². The standard InChI is InChI=1S/C27H30F2N8O/c1-18-10-13-35(22-16-21(33-34-26(22)30)20-6-3-4-7-23(20)38)14-15-37(18)25-9-11-31-24(32-25)8-5-12-36-17-27(28,29)19(36)2/h3-4,6-7,9,11,16,18-19,38H,10,12-15,17H2,1-2H3,(H2,30,34)/t18-,19+/m1/s1. The summed E-state index contributed by atoms with van der Waals surface area (Å²) < 4.78 is 26.8. The number of benzene rings is 1. The molecule has 5 rings (SSSR count). The van der Waals surface area contributed by atoms with E-state index < -0.39 is 12.0 Å². The van der Waals surface area contributed by atoms with Crippen molar-refractivity contribution in [2.24, 2.45) is 0 Å². The fourth-order valence-corrected chi connectivity index (χ4v) is 4.78. The van der Waals surface area contributed by atoms with E-state index in [9.17, 15) is 13.9 Å². The highest BCUT2D eigenvalue weighted by Gasteiger charge is 2.51. The average Bonchev–Trinajstić information content (AvgIpc) is 3.10. The lowest BCUT2D eigenvalue weighted by Gasteiger charge is -2.44. The van der Waals surface area contributed by atoms with Crippen molar-refractivity contribution in [2.45, 2.75) is 38.3 Å². The number of alkyl halides is 2. The van der Waals surface area contributed by atoms with E-state index in [4.69, 9.17) is 5.73 Å². The number of hydrogen-bond acceptors (Lipinski definition) is 9. The van der Waals surface area contributed by atoms with Crippen LogP contribution in [0.1, 0.15) is 26.1 Å². The second kappa shape index (κ2) is 10.4. The smallest absolute Gasteiger partial charge is 0.275 e. The summed E-state index contributed by atoms with van der Waals surface area (Å²) in [7, 11) is 0. The lowest BCUT2D eigenvalue weighted by Crippen LogP contribution is -2.63. The summed E-state index contributed by atoms with van der Waals surface area (Å²) >= 11 is 0. The van der Waals surface area contributed by atoms with Gasteiger partial charge < -0.3 is 20.6 Å². The Labute approximate surface area is 220 Å². The molecule has 2 saturated heterocycles. The molecule has 2 aliphatic rings. The van der Waals surface area contributed by atoms with Crippen LogP contribution in [0.5, 0.6) is 5.75 Å². The molecule has 3 N–H and O–H groups in total. The number of aromatic nitrogens is 4. The largest absolute Gasteiger partial charge is 0.507 e. The molecule has 2 aromatic heterocycles. The molecule has 9 nitrogen and oxygen atoms in total. The highest BCUT2D eigenvalue weighted by molar-refractivity contribution is 5.74. The molecule has 0 spiro atoms. The summed E-state index contributed by atoms with van der Waals surface area (Å²) in [4.78, 5) is 14.9. The van der Waals surface area contributed by atoms with Gasteiger partial charge in [0.2, 0.25) is 5.82 Å². The average molecular weight is 521 g/mol. The first-order chi connectivity index (χ1) is 18.2. The number of rotatable bonds is 4. The van der Waals surface area contributed by atoms with Crippen LogP contribution in [0.2, 0.25) is 0 Å². The number of halogens is 2. The summed E-state index contributed by atoms with van der Waals surface area (Å²) in [5, 5.41) is 18.6. The van der Waals surface area contributed by atoms with Gasteiger partial charge in [-0.1, -0.05) is 18.1 Å². The van der Waals surface area contributed by atoms with Crippen molar-refractivity contribution < 1.29 is 13.9 Å². The number of hydrogen-bond donors (Lipinski definition) is 2. The number of nitrogen functional groups attached to an aromatic ring is 1. The minimum absolute atomic E-state index is 0.133. The van der Waals surface area contributed by atoms with Gasteiger partial charge >= 0.3 is 0 Å². The van der Waals surface area contributed by atoms with Gasteiger partial charge in [0.05, 0.1) is 30.5 Å². The normalized spacial score (nSPS) is 21.3. The van der Waals surface area contributed by atoms with E-state index >= 15 is 0 Å². The topological polar surface area (TPSA) is 108 Å². The first-order valence-corrected chi connectivity index (χ1v) is 12.6. The SMILES string of the molecule is C[C@@H]1CCN(c2cc(-c3ccccc3O)nnc2N)CCN1c1ccnc(C#CCN2CC(F)(F)[C@@H]2C)n1. The number of nitrogens with zero attached hydrogens (tertiary/aromatic N) is 7. The third kappa shape index (κ3) is 5.17. The minimum Gasteiger partial charge on any atom is -0.507 e. The Morgan fingerprint density at radius 1 is 1.13 bits per heavy atom. The first kappa shape index (κ1) is 25.6. The summed E-state index contributed by atoms with van der Waals surface area (Å²) in [6.07, 6.45) is 2.52. The predicted octanol–water partition coefficient (Wildman–Crippen LogP) is 3.02. The monoisotopic (exact) mass is 520 g/mol. The lowest BCUT2D eigenvalue weighted by molar-refractivity contribution is -0.171. The van der Waals surface area contributed by atoms with Crippen LogP contribution in [0, 0.1) is 11.8 Å². The zero-order chi connectivity index (χ0) is 26.9. The van der Waals surface area contributed by atoms with Gasteiger partial charge in [0.1, 0.15) is 11.6 Å². The molecule has 0 unspecified atom stereocenters. The second-order valence-electron chi connectivity index (χ2n) is 9.72. The van der Waals surface area contributed by atoms with Gasteiger partial charge in [-0.3, -0.25) is 4.90 Å². The minimum atomic E-state index is -2.64. The van der Waals surface area contributed by atoms with E-state index in [-0.39, 0.29) is 24.9 Å². The number of nitrogens with two attached hydrogens (primary N) is 1. The van der Waals surface area contributed by atoms with Crippen molar-refractivity contribution >= 4 is 17.3 Å². The Bertz CT molecular complexity index is 1370. The van der Waals surface area contributed by atoms with E-state index in [0.29, 0.717) is 36.0 Å². The van der Waals surface area contributed by atoms with Crippen LogP contribution in [0.15, 0.2) is 42.6 Å². The molecule has 198 valence electrons. The molecule has 0 saturated carbocycles. The highest BCUT2D eigenvalue weighted by Crippen LogP contribution is 2.34. The van der Waals surface area contributed by atoms with Gasteiger partial charge in [-0.05, 0) is 50.5 Å². The fraction of sp³-hybridized carbons (Fsp3) is 0.407. The molecule has 2 atom stereocenters. The van der Waals surface area contributed by atoms with Crippen molar-refractivity contribution in [3.63, 3.8) is 0 Å². The Morgan fingerprint density at radius 3 is 2.71 bits per heavy atom. The summed E-state index contributed by atoms with van der Waals surface area (Å²) in [6, 6.07) is 10.1. The third-order valence-corrected chi connectivity index (χ3v) is 7.27. The maximum Gasteiger partial charge on any atom is 0.275 e.